The van der Waals surface area contributed by atoms with Gasteiger partial charge in [-0.25, -0.2) is 14.8 Å². The number of nitriles is 2. The maximum Gasteiger partial charge on any atom is 0.513 e. The van der Waals surface area contributed by atoms with E-state index < -0.39 is 11.6 Å². The van der Waals surface area contributed by atoms with Crippen molar-refractivity contribution >= 4 is 80.7 Å². The van der Waals surface area contributed by atoms with E-state index in [-0.39, 0.29) is 51.2 Å². The van der Waals surface area contributed by atoms with Crippen LogP contribution in [0.4, 0.5) is 4.79 Å². The Balaban J connectivity index is 0.000000262. The fraction of sp³-hybridized carbons (Fsp3) is 0.524. The van der Waals surface area contributed by atoms with E-state index in [0.717, 1.165) is 42.1 Å². The second-order valence-electron chi connectivity index (χ2n) is 16.7. The predicted molar refractivity (Wildman–Crippen MR) is 232 cm³/mol. The van der Waals surface area contributed by atoms with Crippen molar-refractivity contribution in [3.63, 3.8) is 0 Å². The highest BCUT2D eigenvalue weighted by atomic mass is 35.5. The maximum atomic E-state index is 13.3. The van der Waals surface area contributed by atoms with Gasteiger partial charge in [0.1, 0.15) is 33.6 Å². The second kappa shape index (κ2) is 19.2. The van der Waals surface area contributed by atoms with Gasteiger partial charge in [0.05, 0.1) is 55.9 Å². The summed E-state index contributed by atoms with van der Waals surface area (Å²) in [5.41, 5.74) is 2.19. The normalized spacial score (nSPS) is 14.8. The molecular formula is C42H52Cl2N8O5S2. The van der Waals surface area contributed by atoms with E-state index in [2.05, 4.69) is 53.1 Å². The van der Waals surface area contributed by atoms with Crippen molar-refractivity contribution in [2.45, 2.75) is 119 Å². The van der Waals surface area contributed by atoms with Gasteiger partial charge in [0.2, 0.25) is 0 Å². The summed E-state index contributed by atoms with van der Waals surface area (Å²) in [6.07, 6.45) is 4.38. The molecule has 59 heavy (non-hydrogen) atoms. The summed E-state index contributed by atoms with van der Waals surface area (Å²) in [6.45, 7) is 19.8. The van der Waals surface area contributed by atoms with Gasteiger partial charge in [-0.05, 0) is 40.0 Å². The molecule has 4 aromatic rings. The zero-order chi connectivity index (χ0) is 44.0. The number of aryl methyl sites for hydroxylation is 4. The molecular weight excluding hydrogens is 832 g/mol. The third-order valence-corrected chi connectivity index (χ3v) is 12.9. The summed E-state index contributed by atoms with van der Waals surface area (Å²) in [7, 11) is 3.38. The Kier molecular flexibility index (Phi) is 15.4. The van der Waals surface area contributed by atoms with Crippen molar-refractivity contribution < 1.29 is 23.8 Å². The molecule has 4 aromatic heterocycles. The Morgan fingerprint density at radius 3 is 1.56 bits per heavy atom. The standard InChI is InChI=1S/C23H29ClN4O2S.C19H23ClN4O3S/c1-14-17(19(24)28(6)27-14)18(30-21(29)23(5)10-8-7-9-11-23)15(12-25)16-13-31-20(26-16)22(2,3)4;1-7-8-26-18(25)27-15(14-11(2)23-24(6)16(14)20)12(9-21)13-10-28-17(22-13)19(3,4)5/h13H,7-11H2,1-6H3;10H,7-8H2,1-6H3. The number of allylic oxidation sites excluding steroid dienone is 2. The van der Waals surface area contributed by atoms with Crippen LogP contribution in [0, 0.1) is 41.9 Å². The Morgan fingerprint density at radius 1 is 0.797 bits per heavy atom. The number of carbonyl (C=O) groups is 2. The fourth-order valence-corrected chi connectivity index (χ4v) is 8.51. The molecule has 0 saturated heterocycles. The zero-order valence-electron chi connectivity index (χ0n) is 35.8. The number of hydrogen-bond acceptors (Lipinski definition) is 13. The van der Waals surface area contributed by atoms with Crippen LogP contribution in [0.3, 0.4) is 0 Å². The predicted octanol–water partition coefficient (Wildman–Crippen LogP) is 11.1. The number of rotatable bonds is 9. The van der Waals surface area contributed by atoms with Crippen molar-refractivity contribution in [3.8, 4) is 12.1 Å². The Morgan fingerprint density at radius 2 is 1.22 bits per heavy atom. The van der Waals surface area contributed by atoms with Crippen LogP contribution in [0.5, 0.6) is 0 Å². The number of thiazole rings is 2. The number of esters is 1. The largest absolute Gasteiger partial charge is 0.513 e. The van der Waals surface area contributed by atoms with Crippen molar-refractivity contribution in [3.05, 3.63) is 65.0 Å². The van der Waals surface area contributed by atoms with E-state index in [1.165, 1.54) is 32.0 Å². The zero-order valence-corrected chi connectivity index (χ0v) is 38.9. The topological polar surface area (TPSA) is 171 Å². The van der Waals surface area contributed by atoms with E-state index in [1.807, 2.05) is 40.0 Å². The number of aromatic nitrogens is 6. The molecule has 0 spiro atoms. The fourth-order valence-electron chi connectivity index (χ4n) is 6.20. The van der Waals surface area contributed by atoms with Crippen LogP contribution in [0.2, 0.25) is 10.3 Å². The lowest BCUT2D eigenvalue weighted by atomic mass is 9.76. The molecule has 1 aliphatic carbocycles. The van der Waals surface area contributed by atoms with Crippen LogP contribution in [-0.4, -0.2) is 48.3 Å². The van der Waals surface area contributed by atoms with Gasteiger partial charge in [0, 0.05) is 35.7 Å². The van der Waals surface area contributed by atoms with E-state index >= 15 is 0 Å². The number of nitrogens with zero attached hydrogens (tertiary/aromatic N) is 8. The third-order valence-electron chi connectivity index (χ3n) is 9.49. The van der Waals surface area contributed by atoms with E-state index in [1.54, 1.807) is 33.3 Å². The minimum absolute atomic E-state index is 0.00929. The number of carbonyl (C=O) groups excluding carboxylic acids is 2. The van der Waals surface area contributed by atoms with Crippen LogP contribution < -0.4 is 0 Å². The molecule has 0 aliphatic heterocycles. The molecule has 0 atom stereocenters. The molecule has 0 amide bonds. The van der Waals surface area contributed by atoms with E-state index in [9.17, 15) is 20.1 Å². The van der Waals surface area contributed by atoms with Gasteiger partial charge >= 0.3 is 12.1 Å². The Hall–Kier alpha value is -4.54. The average molecular weight is 884 g/mol. The molecule has 1 aliphatic rings. The monoisotopic (exact) mass is 882 g/mol. The molecule has 0 aromatic carbocycles. The molecule has 316 valence electrons. The average Bonchev–Trinajstić information content (AvgIpc) is 3.95. The molecule has 1 fully saturated rings. The number of ether oxygens (including phenoxy) is 3. The minimum atomic E-state index is -0.907. The minimum Gasteiger partial charge on any atom is -0.434 e. The third kappa shape index (κ3) is 11.0. The van der Waals surface area contributed by atoms with E-state index in [0.29, 0.717) is 45.5 Å². The summed E-state index contributed by atoms with van der Waals surface area (Å²) in [6, 6.07) is 4.32. The lowest BCUT2D eigenvalue weighted by Crippen LogP contribution is -2.32. The second-order valence-corrected chi connectivity index (χ2v) is 19.1. The van der Waals surface area contributed by atoms with Crippen molar-refractivity contribution in [2.24, 2.45) is 19.5 Å². The van der Waals surface area contributed by atoms with Crippen molar-refractivity contribution in [1.29, 1.82) is 10.5 Å². The van der Waals surface area contributed by atoms with Crippen LogP contribution in [0.1, 0.15) is 138 Å². The summed E-state index contributed by atoms with van der Waals surface area (Å²) in [5, 5.41) is 34.5. The Labute approximate surface area is 364 Å². The first-order valence-corrected chi connectivity index (χ1v) is 21.8. The van der Waals surface area contributed by atoms with Crippen molar-refractivity contribution in [1.82, 2.24) is 29.5 Å². The summed E-state index contributed by atoms with van der Waals surface area (Å²) in [4.78, 5) is 34.7. The highest BCUT2D eigenvalue weighted by Gasteiger charge is 2.38. The SMILES string of the molecule is CCCOC(=O)OC(=C(C#N)c1csc(C(C)(C)C)n1)c1c(C)nn(C)c1Cl.Cc1nn(C)c(Cl)c1C(OC(=O)C1(C)CCCCC1)=C(C#N)c1csc(C(C)(C)C)n1. The van der Waals surface area contributed by atoms with Crippen LogP contribution in [-0.2, 0) is 43.9 Å². The number of halogens is 2. The highest BCUT2D eigenvalue weighted by Crippen LogP contribution is 2.42. The smallest absolute Gasteiger partial charge is 0.434 e. The first kappa shape index (κ1) is 47.1. The lowest BCUT2D eigenvalue weighted by molar-refractivity contribution is -0.149. The molecule has 13 nitrogen and oxygen atoms in total. The van der Waals surface area contributed by atoms with Gasteiger partial charge in [-0.3, -0.25) is 14.2 Å². The summed E-state index contributed by atoms with van der Waals surface area (Å²) in [5.74, 6) is -0.203. The first-order valence-electron chi connectivity index (χ1n) is 19.2. The van der Waals surface area contributed by atoms with Gasteiger partial charge < -0.3 is 14.2 Å². The maximum absolute atomic E-state index is 13.3. The molecule has 17 heteroatoms. The van der Waals surface area contributed by atoms with E-state index in [4.69, 9.17) is 37.4 Å². The highest BCUT2D eigenvalue weighted by molar-refractivity contribution is 7.10. The quantitative estimate of drug-likeness (QED) is 0.0890. The van der Waals surface area contributed by atoms with Crippen LogP contribution in [0.25, 0.3) is 22.7 Å². The lowest BCUT2D eigenvalue weighted by Gasteiger charge is -2.31. The molecule has 1 saturated carbocycles. The summed E-state index contributed by atoms with van der Waals surface area (Å²) >= 11 is 15.8. The number of hydrogen-bond donors (Lipinski definition) is 0. The van der Waals surface area contributed by atoms with Gasteiger partial charge in [-0.1, -0.05) is 90.9 Å². The van der Waals surface area contributed by atoms with Crippen LogP contribution in [0.15, 0.2) is 10.8 Å². The van der Waals surface area contributed by atoms with Gasteiger partial charge in [0.25, 0.3) is 0 Å². The van der Waals surface area contributed by atoms with Gasteiger partial charge in [-0.15, -0.1) is 22.7 Å². The molecule has 5 rings (SSSR count). The molecule has 0 N–H and O–H groups in total. The van der Waals surface area contributed by atoms with Gasteiger partial charge in [-0.2, -0.15) is 20.7 Å². The summed E-state index contributed by atoms with van der Waals surface area (Å²) < 4.78 is 19.4. The first-order chi connectivity index (χ1) is 27.6. The van der Waals surface area contributed by atoms with Crippen molar-refractivity contribution in [2.75, 3.05) is 6.61 Å². The Bertz CT molecular complexity index is 2330. The van der Waals surface area contributed by atoms with Crippen LogP contribution >= 0.6 is 45.9 Å². The molecule has 0 radical (unpaired) electrons. The molecule has 4 heterocycles. The molecule has 0 unspecified atom stereocenters. The van der Waals surface area contributed by atoms with Gasteiger partial charge in [0.15, 0.2) is 11.5 Å². The molecule has 0 bridgehead atoms.